The Morgan fingerprint density at radius 1 is 1.17 bits per heavy atom. The largest absolute Gasteiger partial charge is 0.353 e. The number of thioether (sulfide) groups is 1. The molecule has 0 spiro atoms. The van der Waals surface area contributed by atoms with Crippen LogP contribution in [0, 0.1) is 6.92 Å². The molecule has 2 aromatic rings. The summed E-state index contributed by atoms with van der Waals surface area (Å²) < 4.78 is 0.143. The van der Waals surface area contributed by atoms with Crippen LogP contribution in [0.2, 0.25) is 0 Å². The highest BCUT2D eigenvalue weighted by atomic mass is 35.5. The van der Waals surface area contributed by atoms with Crippen molar-refractivity contribution >= 4 is 30.1 Å². The summed E-state index contributed by atoms with van der Waals surface area (Å²) in [6.45, 7) is 2.69. The van der Waals surface area contributed by atoms with Gasteiger partial charge in [-0.15, -0.1) is 24.2 Å². The summed E-state index contributed by atoms with van der Waals surface area (Å²) in [4.78, 5) is 13.6. The Kier molecular flexibility index (Phi) is 6.33. The van der Waals surface area contributed by atoms with Crippen molar-refractivity contribution in [2.45, 2.75) is 35.4 Å². The molecule has 3 rings (SSSR count). The van der Waals surface area contributed by atoms with Crippen molar-refractivity contribution in [1.82, 2.24) is 5.32 Å². The van der Waals surface area contributed by atoms with E-state index < -0.39 is 6.04 Å². The van der Waals surface area contributed by atoms with E-state index in [9.17, 15) is 4.79 Å². The van der Waals surface area contributed by atoms with Gasteiger partial charge in [0.15, 0.2) is 0 Å². The minimum atomic E-state index is -0.604. The van der Waals surface area contributed by atoms with E-state index in [0.29, 0.717) is 6.54 Å². The average Bonchev–Trinajstić information content (AvgIpc) is 3.33. The fourth-order valence-electron chi connectivity index (χ4n) is 2.48. The second-order valence-electron chi connectivity index (χ2n) is 6.20. The maximum Gasteiger partial charge on any atom is 0.241 e. The lowest BCUT2D eigenvalue weighted by atomic mass is 10.1. The van der Waals surface area contributed by atoms with Gasteiger partial charge in [-0.2, -0.15) is 0 Å². The Morgan fingerprint density at radius 2 is 1.79 bits per heavy atom. The van der Waals surface area contributed by atoms with Gasteiger partial charge in [-0.25, -0.2) is 0 Å². The predicted octanol–water partition coefficient (Wildman–Crippen LogP) is 3.86. The molecule has 24 heavy (non-hydrogen) atoms. The van der Waals surface area contributed by atoms with Crippen LogP contribution in [0.3, 0.4) is 0 Å². The van der Waals surface area contributed by atoms with E-state index in [0.717, 1.165) is 24.0 Å². The first kappa shape index (κ1) is 18.8. The van der Waals surface area contributed by atoms with Gasteiger partial charge in [0.2, 0.25) is 5.91 Å². The van der Waals surface area contributed by atoms with Crippen LogP contribution in [0.25, 0.3) is 0 Å². The summed E-state index contributed by atoms with van der Waals surface area (Å²) in [5.74, 6) is -0.103. The van der Waals surface area contributed by atoms with E-state index in [4.69, 9.17) is 5.73 Å². The van der Waals surface area contributed by atoms with Gasteiger partial charge in [-0.3, -0.25) is 4.79 Å². The molecule has 5 heteroatoms. The first-order valence-corrected chi connectivity index (χ1v) is 8.74. The molecule has 0 heterocycles. The summed E-state index contributed by atoms with van der Waals surface area (Å²) >= 11 is 1.85. The van der Waals surface area contributed by atoms with Crippen molar-refractivity contribution in [3.05, 3.63) is 65.7 Å². The zero-order chi connectivity index (χ0) is 16.3. The first-order valence-electron chi connectivity index (χ1n) is 7.92. The summed E-state index contributed by atoms with van der Waals surface area (Å²) in [5, 5.41) is 3.03. The number of carbonyl (C=O) groups is 1. The number of rotatable bonds is 6. The Balaban J connectivity index is 0.00000208. The van der Waals surface area contributed by atoms with Crippen LogP contribution in [0.1, 0.15) is 30.0 Å². The third-order valence-electron chi connectivity index (χ3n) is 4.19. The van der Waals surface area contributed by atoms with E-state index >= 15 is 0 Å². The lowest BCUT2D eigenvalue weighted by Gasteiger charge is -2.18. The number of amides is 1. The average molecular weight is 363 g/mol. The van der Waals surface area contributed by atoms with Crippen LogP contribution < -0.4 is 11.1 Å². The highest BCUT2D eigenvalue weighted by molar-refractivity contribution is 8.01. The lowest BCUT2D eigenvalue weighted by molar-refractivity contribution is -0.122. The number of nitrogens with two attached hydrogens (primary N) is 1. The van der Waals surface area contributed by atoms with Gasteiger partial charge in [0.1, 0.15) is 6.04 Å². The Morgan fingerprint density at radius 3 is 2.38 bits per heavy atom. The molecule has 0 radical (unpaired) electrons. The Bertz CT molecular complexity index is 672. The van der Waals surface area contributed by atoms with Gasteiger partial charge in [-0.1, -0.05) is 48.0 Å². The summed E-state index contributed by atoms with van der Waals surface area (Å²) in [7, 11) is 0. The molecule has 0 aliphatic heterocycles. The van der Waals surface area contributed by atoms with Crippen molar-refractivity contribution in [3.8, 4) is 0 Å². The number of hydrogen-bond donors (Lipinski definition) is 2. The van der Waals surface area contributed by atoms with Gasteiger partial charge in [0, 0.05) is 16.2 Å². The molecular formula is C19H23ClN2OS. The van der Waals surface area contributed by atoms with Crippen LogP contribution in [0.4, 0.5) is 0 Å². The fraction of sp³-hybridized carbons (Fsp3) is 0.316. The maximum absolute atomic E-state index is 12.3. The van der Waals surface area contributed by atoms with Crippen molar-refractivity contribution in [2.75, 3.05) is 6.54 Å². The number of hydrogen-bond acceptors (Lipinski definition) is 3. The first-order chi connectivity index (χ1) is 11.1. The van der Waals surface area contributed by atoms with Gasteiger partial charge < -0.3 is 11.1 Å². The van der Waals surface area contributed by atoms with E-state index in [1.165, 1.54) is 4.90 Å². The maximum atomic E-state index is 12.3. The molecule has 2 aromatic carbocycles. The third-order valence-corrected chi connectivity index (χ3v) is 5.68. The Labute approximate surface area is 153 Å². The molecule has 1 saturated carbocycles. The molecule has 0 saturated heterocycles. The molecule has 1 fully saturated rings. The molecule has 0 bridgehead atoms. The monoisotopic (exact) mass is 362 g/mol. The topological polar surface area (TPSA) is 55.1 Å². The molecule has 1 aliphatic rings. The molecule has 1 unspecified atom stereocenters. The van der Waals surface area contributed by atoms with Gasteiger partial charge in [0.25, 0.3) is 0 Å². The zero-order valence-electron chi connectivity index (χ0n) is 13.7. The minimum absolute atomic E-state index is 0. The smallest absolute Gasteiger partial charge is 0.241 e. The van der Waals surface area contributed by atoms with Crippen molar-refractivity contribution in [3.63, 3.8) is 0 Å². The number of carbonyl (C=O) groups excluding carboxylic acids is 1. The summed E-state index contributed by atoms with van der Waals surface area (Å²) in [6.07, 6.45) is 2.26. The lowest BCUT2D eigenvalue weighted by Crippen LogP contribution is -2.38. The van der Waals surface area contributed by atoms with Crippen LogP contribution in [0.5, 0.6) is 0 Å². The fourth-order valence-corrected chi connectivity index (χ4v) is 3.72. The van der Waals surface area contributed by atoms with Gasteiger partial charge >= 0.3 is 0 Å². The molecule has 0 aromatic heterocycles. The van der Waals surface area contributed by atoms with Crippen LogP contribution in [-0.2, 0) is 4.79 Å². The molecule has 1 aliphatic carbocycles. The molecule has 3 nitrogen and oxygen atoms in total. The van der Waals surface area contributed by atoms with Gasteiger partial charge in [0.05, 0.1) is 0 Å². The van der Waals surface area contributed by atoms with Gasteiger partial charge in [-0.05, 0) is 37.5 Å². The zero-order valence-corrected chi connectivity index (χ0v) is 15.3. The number of nitrogens with one attached hydrogen (secondary N) is 1. The third kappa shape index (κ3) is 4.76. The van der Waals surface area contributed by atoms with Crippen LogP contribution >= 0.6 is 24.2 Å². The number of benzene rings is 2. The van der Waals surface area contributed by atoms with Crippen molar-refractivity contribution in [2.24, 2.45) is 5.73 Å². The van der Waals surface area contributed by atoms with E-state index in [1.807, 2.05) is 61.2 Å². The summed E-state index contributed by atoms with van der Waals surface area (Å²) in [5.41, 5.74) is 8.09. The number of aryl methyl sites for hydroxylation is 1. The Hall–Kier alpha value is -1.49. The highest BCUT2D eigenvalue weighted by Crippen LogP contribution is 2.51. The molecular weight excluding hydrogens is 340 g/mol. The van der Waals surface area contributed by atoms with Crippen molar-refractivity contribution < 1.29 is 4.79 Å². The molecule has 1 amide bonds. The quantitative estimate of drug-likeness (QED) is 0.820. The summed E-state index contributed by atoms with van der Waals surface area (Å²) in [6, 6.07) is 17.5. The van der Waals surface area contributed by atoms with E-state index in [-0.39, 0.29) is 23.1 Å². The van der Waals surface area contributed by atoms with Crippen LogP contribution in [0.15, 0.2) is 59.5 Å². The molecule has 3 N–H and O–H groups in total. The minimum Gasteiger partial charge on any atom is -0.353 e. The second kappa shape index (κ2) is 8.06. The standard InChI is InChI=1S/C19H22N2OS.ClH/c1-14-7-9-15(10-8-14)17(20)18(22)21-13-19(11-12-19)23-16-5-3-2-4-6-16;/h2-10,17H,11-13,20H2,1H3,(H,21,22);1H. The number of halogens is 1. The molecule has 128 valence electrons. The SMILES string of the molecule is Cc1ccc(C(N)C(=O)NCC2(Sc3ccccc3)CC2)cc1.Cl. The predicted molar refractivity (Wildman–Crippen MR) is 103 cm³/mol. The van der Waals surface area contributed by atoms with E-state index in [2.05, 4.69) is 17.4 Å². The van der Waals surface area contributed by atoms with Crippen molar-refractivity contribution in [1.29, 1.82) is 0 Å². The highest BCUT2D eigenvalue weighted by Gasteiger charge is 2.44. The van der Waals surface area contributed by atoms with E-state index in [1.54, 1.807) is 0 Å². The second-order valence-corrected chi connectivity index (χ2v) is 7.75. The molecule has 1 atom stereocenters. The normalized spacial score (nSPS) is 15.9. The van der Waals surface area contributed by atoms with Crippen LogP contribution in [-0.4, -0.2) is 17.2 Å².